The molecule has 0 N–H and O–H groups in total. The maximum absolute atomic E-state index is 12.2. The highest BCUT2D eigenvalue weighted by molar-refractivity contribution is 9.10. The lowest BCUT2D eigenvalue weighted by Crippen LogP contribution is -2.21. The average molecular weight is 383 g/mol. The maximum atomic E-state index is 12.2. The summed E-state index contributed by atoms with van der Waals surface area (Å²) in [5.41, 5.74) is 0.487. The second-order valence-electron chi connectivity index (χ2n) is 5.34. The molecule has 124 valence electrons. The van der Waals surface area contributed by atoms with Crippen molar-refractivity contribution in [2.24, 2.45) is 0 Å². The Kier molecular flexibility index (Phi) is 7.16. The van der Waals surface area contributed by atoms with Gasteiger partial charge in [-0.1, -0.05) is 28.1 Å². The first-order chi connectivity index (χ1) is 10.7. The van der Waals surface area contributed by atoms with Crippen LogP contribution in [0.2, 0.25) is 0 Å². The van der Waals surface area contributed by atoms with Crippen molar-refractivity contribution in [3.05, 3.63) is 40.4 Å². The molecule has 0 aliphatic rings. The van der Waals surface area contributed by atoms with Gasteiger partial charge in [-0.3, -0.25) is 4.79 Å². The van der Waals surface area contributed by atoms with Gasteiger partial charge in [-0.2, -0.15) is 0 Å². The largest absolute Gasteiger partial charge is 0.459 e. The minimum Gasteiger partial charge on any atom is -0.459 e. The zero-order chi connectivity index (χ0) is 17.6. The van der Waals surface area contributed by atoms with Crippen molar-refractivity contribution in [3.63, 3.8) is 0 Å². The molecule has 0 saturated heterocycles. The number of ether oxygens (including phenoxy) is 2. The highest BCUT2D eigenvalue weighted by atomic mass is 79.9. The van der Waals surface area contributed by atoms with E-state index in [2.05, 4.69) is 15.9 Å². The Morgan fingerprint density at radius 3 is 1.87 bits per heavy atom. The Balaban J connectivity index is 3.15. The van der Waals surface area contributed by atoms with Crippen LogP contribution in [-0.4, -0.2) is 29.9 Å². The van der Waals surface area contributed by atoms with Gasteiger partial charge in [-0.05, 0) is 45.4 Å². The molecular weight excluding hydrogens is 364 g/mol. The molecule has 0 aliphatic carbocycles. The van der Waals surface area contributed by atoms with Crippen molar-refractivity contribution in [2.75, 3.05) is 0 Å². The summed E-state index contributed by atoms with van der Waals surface area (Å²) >= 11 is 3.30. The molecule has 1 rings (SSSR count). The number of carbonyl (C=O) groups excluding carboxylic acids is 3. The van der Waals surface area contributed by atoms with E-state index in [1.807, 2.05) is 0 Å². The first-order valence-electron chi connectivity index (χ1n) is 7.14. The van der Waals surface area contributed by atoms with Crippen molar-refractivity contribution < 1.29 is 23.9 Å². The third-order valence-corrected chi connectivity index (χ3v) is 3.07. The monoisotopic (exact) mass is 382 g/mol. The Labute approximate surface area is 143 Å². The number of halogens is 1. The van der Waals surface area contributed by atoms with Gasteiger partial charge in [0.25, 0.3) is 5.78 Å². The smallest absolute Gasteiger partial charge is 0.379 e. The summed E-state index contributed by atoms with van der Waals surface area (Å²) in [7, 11) is 0. The predicted molar refractivity (Wildman–Crippen MR) is 89.6 cm³/mol. The second kappa shape index (κ2) is 8.62. The molecular formula is C17H19BrO5. The standard InChI is InChI=1S/C17H19BrO5/c1-10(2)22-16(20)14(12-5-7-13(18)8-6-12)9-15(19)17(21)23-11(3)4/h5-11H,1-4H3/b14-9+. The van der Waals surface area contributed by atoms with Gasteiger partial charge in [0.1, 0.15) is 0 Å². The number of carbonyl (C=O) groups is 3. The van der Waals surface area contributed by atoms with Crippen LogP contribution < -0.4 is 0 Å². The number of hydrogen-bond donors (Lipinski definition) is 0. The molecule has 1 aromatic carbocycles. The predicted octanol–water partition coefficient (Wildman–Crippen LogP) is 3.30. The SMILES string of the molecule is CC(C)OC(=O)C(=O)/C=C(/C(=O)OC(C)C)c1ccc(Br)cc1. The zero-order valence-electron chi connectivity index (χ0n) is 13.5. The van der Waals surface area contributed by atoms with E-state index in [0.29, 0.717) is 5.56 Å². The van der Waals surface area contributed by atoms with Gasteiger partial charge in [0.05, 0.1) is 17.8 Å². The summed E-state index contributed by atoms with van der Waals surface area (Å²) in [5, 5.41) is 0. The number of hydrogen-bond acceptors (Lipinski definition) is 5. The van der Waals surface area contributed by atoms with Crippen molar-refractivity contribution in [1.29, 1.82) is 0 Å². The van der Waals surface area contributed by atoms with Crippen LogP contribution in [0.15, 0.2) is 34.8 Å². The van der Waals surface area contributed by atoms with Crippen LogP contribution >= 0.6 is 15.9 Å². The molecule has 6 heteroatoms. The molecule has 0 fully saturated rings. The van der Waals surface area contributed by atoms with E-state index in [0.717, 1.165) is 10.5 Å². The molecule has 0 aromatic heterocycles. The van der Waals surface area contributed by atoms with E-state index >= 15 is 0 Å². The van der Waals surface area contributed by atoms with E-state index < -0.39 is 23.8 Å². The molecule has 0 radical (unpaired) electrons. The third-order valence-electron chi connectivity index (χ3n) is 2.54. The molecule has 0 bridgehead atoms. The zero-order valence-corrected chi connectivity index (χ0v) is 15.0. The Hall–Kier alpha value is -1.95. The summed E-state index contributed by atoms with van der Waals surface area (Å²) in [4.78, 5) is 35.8. The lowest BCUT2D eigenvalue weighted by atomic mass is 10.0. The van der Waals surface area contributed by atoms with Crippen molar-refractivity contribution >= 4 is 39.2 Å². The van der Waals surface area contributed by atoms with Gasteiger partial charge in [0, 0.05) is 10.5 Å². The number of rotatable bonds is 6. The lowest BCUT2D eigenvalue weighted by molar-refractivity contribution is -0.154. The average Bonchev–Trinajstić information content (AvgIpc) is 2.44. The van der Waals surface area contributed by atoms with Crippen molar-refractivity contribution in [1.82, 2.24) is 0 Å². The van der Waals surface area contributed by atoms with Crippen LogP contribution in [-0.2, 0) is 23.9 Å². The van der Waals surface area contributed by atoms with Gasteiger partial charge in [0.2, 0.25) is 0 Å². The summed E-state index contributed by atoms with van der Waals surface area (Å²) in [6.45, 7) is 6.67. The Bertz CT molecular complexity index is 614. The minimum absolute atomic E-state index is 0.0110. The first kappa shape index (κ1) is 19.1. The summed E-state index contributed by atoms with van der Waals surface area (Å²) in [6, 6.07) is 6.75. The number of ketones is 1. The fourth-order valence-corrected chi connectivity index (χ4v) is 1.89. The van der Waals surface area contributed by atoms with Gasteiger partial charge >= 0.3 is 11.9 Å². The van der Waals surface area contributed by atoms with Gasteiger partial charge in [-0.15, -0.1) is 0 Å². The molecule has 23 heavy (non-hydrogen) atoms. The van der Waals surface area contributed by atoms with Crippen LogP contribution in [0.3, 0.4) is 0 Å². The van der Waals surface area contributed by atoms with Crippen LogP contribution in [0, 0.1) is 0 Å². The molecule has 0 amide bonds. The van der Waals surface area contributed by atoms with Crippen LogP contribution in [0.25, 0.3) is 5.57 Å². The second-order valence-corrected chi connectivity index (χ2v) is 6.25. The molecule has 5 nitrogen and oxygen atoms in total. The van der Waals surface area contributed by atoms with Crippen molar-refractivity contribution in [2.45, 2.75) is 39.9 Å². The minimum atomic E-state index is -1.01. The fraction of sp³-hybridized carbons (Fsp3) is 0.353. The first-order valence-corrected chi connectivity index (χ1v) is 7.93. The van der Waals surface area contributed by atoms with Crippen LogP contribution in [0.5, 0.6) is 0 Å². The Morgan fingerprint density at radius 2 is 1.39 bits per heavy atom. The van der Waals surface area contributed by atoms with E-state index in [9.17, 15) is 14.4 Å². The lowest BCUT2D eigenvalue weighted by Gasteiger charge is -2.11. The van der Waals surface area contributed by atoms with Gasteiger partial charge < -0.3 is 9.47 Å². The molecule has 1 aromatic rings. The highest BCUT2D eigenvalue weighted by Crippen LogP contribution is 2.20. The molecule has 0 heterocycles. The summed E-state index contributed by atoms with van der Waals surface area (Å²) in [6.07, 6.45) is 0.191. The Morgan fingerprint density at radius 1 is 0.913 bits per heavy atom. The van der Waals surface area contributed by atoms with E-state index in [1.165, 1.54) is 0 Å². The molecule has 0 aliphatic heterocycles. The molecule has 0 unspecified atom stereocenters. The quantitative estimate of drug-likeness (QED) is 0.428. The maximum Gasteiger partial charge on any atom is 0.379 e. The normalized spacial score (nSPS) is 11.5. The van der Waals surface area contributed by atoms with Gasteiger partial charge in [-0.25, -0.2) is 9.59 Å². The number of esters is 2. The van der Waals surface area contributed by atoms with E-state index in [-0.39, 0.29) is 11.7 Å². The fourth-order valence-electron chi connectivity index (χ4n) is 1.63. The third kappa shape index (κ3) is 6.36. The van der Waals surface area contributed by atoms with Crippen LogP contribution in [0.1, 0.15) is 33.3 Å². The van der Waals surface area contributed by atoms with E-state index in [1.54, 1.807) is 52.0 Å². The number of benzene rings is 1. The van der Waals surface area contributed by atoms with Gasteiger partial charge in [0.15, 0.2) is 0 Å². The topological polar surface area (TPSA) is 69.7 Å². The van der Waals surface area contributed by atoms with Crippen molar-refractivity contribution in [3.8, 4) is 0 Å². The van der Waals surface area contributed by atoms with Crippen LogP contribution in [0.4, 0.5) is 0 Å². The molecule has 0 saturated carbocycles. The highest BCUT2D eigenvalue weighted by Gasteiger charge is 2.21. The van der Waals surface area contributed by atoms with E-state index in [4.69, 9.17) is 9.47 Å². The summed E-state index contributed by atoms with van der Waals surface area (Å²) < 4.78 is 10.8. The molecule has 0 spiro atoms. The molecule has 0 atom stereocenters. The summed E-state index contributed by atoms with van der Waals surface area (Å²) in [5.74, 6) is -2.59.